The second kappa shape index (κ2) is 9.12. The zero-order valence-corrected chi connectivity index (χ0v) is 18.8. The molecule has 2 aromatic carbocycles. The third-order valence-corrected chi connectivity index (χ3v) is 8.81. The molecule has 2 bridgehead atoms. The van der Waals surface area contributed by atoms with Crippen molar-refractivity contribution in [1.29, 1.82) is 0 Å². The highest BCUT2D eigenvalue weighted by Gasteiger charge is 2.41. The van der Waals surface area contributed by atoms with E-state index in [2.05, 4.69) is 53.6 Å². The van der Waals surface area contributed by atoms with E-state index in [1.54, 1.807) is 17.8 Å². The fraction of sp³-hybridized carbons (Fsp3) is 0.444. The molecule has 2 fully saturated rings. The third kappa shape index (κ3) is 4.41. The van der Waals surface area contributed by atoms with Crippen molar-refractivity contribution >= 4 is 28.5 Å². The Bertz CT molecular complexity index is 1010. The maximum absolute atomic E-state index is 11.9. The number of aliphatic carboxylic acids is 1. The lowest BCUT2D eigenvalue weighted by Crippen LogP contribution is -2.39. The lowest BCUT2D eigenvalue weighted by Gasteiger charge is -2.36. The van der Waals surface area contributed by atoms with Crippen LogP contribution in [0.3, 0.4) is 0 Å². The minimum atomic E-state index is -0.783. The predicted octanol–water partition coefficient (Wildman–Crippen LogP) is 6.11. The van der Waals surface area contributed by atoms with Gasteiger partial charge in [0.15, 0.2) is 0 Å². The summed E-state index contributed by atoms with van der Waals surface area (Å²) in [6.07, 6.45) is 13.4. The first kappa shape index (κ1) is 20.7. The summed E-state index contributed by atoms with van der Waals surface area (Å²) in [6, 6.07) is 15.1. The molecule has 4 atom stereocenters. The lowest BCUT2D eigenvalue weighted by molar-refractivity contribution is -0.133. The summed E-state index contributed by atoms with van der Waals surface area (Å²) in [4.78, 5) is 14.3. The van der Waals surface area contributed by atoms with Crippen molar-refractivity contribution < 1.29 is 9.90 Å². The highest BCUT2D eigenvalue weighted by molar-refractivity contribution is 8.00. The molecule has 0 spiro atoms. The number of fused-ring (bicyclic) bond motifs is 3. The van der Waals surface area contributed by atoms with Gasteiger partial charge in [0.25, 0.3) is 0 Å². The second-order valence-corrected chi connectivity index (χ2v) is 10.6. The molecular formula is C27H31NO2S. The van der Waals surface area contributed by atoms with Crippen LogP contribution in [0, 0.1) is 17.8 Å². The van der Waals surface area contributed by atoms with Gasteiger partial charge in [0.1, 0.15) is 5.37 Å². The molecule has 3 nitrogen and oxygen atoms in total. The zero-order chi connectivity index (χ0) is 21.2. The molecule has 4 heteroatoms. The number of carboxylic acid groups (broad SMARTS) is 1. The van der Waals surface area contributed by atoms with Gasteiger partial charge in [-0.25, -0.2) is 4.79 Å². The SMILES string of the molecule is O=C(O)C1=CC=CN(CC2CC3CCC2C3)C1SCCCc1cccc2ccccc12. The van der Waals surface area contributed by atoms with E-state index in [1.807, 2.05) is 6.08 Å². The van der Waals surface area contributed by atoms with Crippen LogP contribution in [-0.2, 0) is 11.2 Å². The summed E-state index contributed by atoms with van der Waals surface area (Å²) in [6.45, 7) is 1.00. The Hall–Kier alpha value is -2.20. The van der Waals surface area contributed by atoms with Gasteiger partial charge in [0.2, 0.25) is 0 Å². The number of aryl methyl sites for hydroxylation is 1. The van der Waals surface area contributed by atoms with Gasteiger partial charge in [0, 0.05) is 12.7 Å². The summed E-state index contributed by atoms with van der Waals surface area (Å²) >= 11 is 1.80. The molecule has 0 aromatic heterocycles. The highest BCUT2D eigenvalue weighted by Crippen LogP contribution is 2.49. The van der Waals surface area contributed by atoms with E-state index < -0.39 is 5.97 Å². The molecule has 4 unspecified atom stereocenters. The topological polar surface area (TPSA) is 40.5 Å². The molecule has 3 aliphatic rings. The molecule has 31 heavy (non-hydrogen) atoms. The van der Waals surface area contributed by atoms with Crippen LogP contribution in [0.1, 0.15) is 37.7 Å². The fourth-order valence-corrected chi connectivity index (χ4v) is 7.20. The van der Waals surface area contributed by atoms with E-state index in [4.69, 9.17) is 0 Å². The van der Waals surface area contributed by atoms with E-state index in [-0.39, 0.29) is 5.37 Å². The van der Waals surface area contributed by atoms with Gasteiger partial charge in [-0.1, -0.05) is 48.9 Å². The van der Waals surface area contributed by atoms with E-state index in [0.717, 1.165) is 42.9 Å². The van der Waals surface area contributed by atoms with Crippen molar-refractivity contribution in [2.45, 2.75) is 43.9 Å². The Morgan fingerprint density at radius 1 is 1.10 bits per heavy atom. The fourth-order valence-electron chi connectivity index (χ4n) is 5.95. The molecular weight excluding hydrogens is 402 g/mol. The maximum atomic E-state index is 11.9. The van der Waals surface area contributed by atoms with Gasteiger partial charge in [-0.3, -0.25) is 0 Å². The quantitative estimate of drug-likeness (QED) is 0.510. The summed E-state index contributed by atoms with van der Waals surface area (Å²) in [5, 5.41) is 12.4. The van der Waals surface area contributed by atoms with E-state index in [9.17, 15) is 9.90 Å². The molecule has 2 saturated carbocycles. The van der Waals surface area contributed by atoms with Gasteiger partial charge in [-0.15, -0.1) is 11.8 Å². The number of carbonyl (C=O) groups is 1. The molecule has 0 radical (unpaired) electrons. The van der Waals surface area contributed by atoms with Crippen molar-refractivity contribution in [3.05, 3.63) is 72.0 Å². The first-order valence-electron chi connectivity index (χ1n) is 11.6. The van der Waals surface area contributed by atoms with Crippen LogP contribution in [0.15, 0.2) is 66.4 Å². The van der Waals surface area contributed by atoms with E-state index in [1.165, 1.54) is 42.0 Å². The number of thioether (sulfide) groups is 1. The van der Waals surface area contributed by atoms with Gasteiger partial charge in [0.05, 0.1) is 5.57 Å². The minimum absolute atomic E-state index is 0.0749. The predicted molar refractivity (Wildman–Crippen MR) is 129 cm³/mol. The molecule has 0 saturated heterocycles. The normalized spacial score (nSPS) is 27.1. The summed E-state index contributed by atoms with van der Waals surface area (Å²) in [5.74, 6) is 2.68. The molecule has 162 valence electrons. The molecule has 1 N–H and O–H groups in total. The first-order chi connectivity index (χ1) is 15.2. The Morgan fingerprint density at radius 3 is 2.77 bits per heavy atom. The number of benzene rings is 2. The van der Waals surface area contributed by atoms with E-state index >= 15 is 0 Å². The highest BCUT2D eigenvalue weighted by atomic mass is 32.2. The van der Waals surface area contributed by atoms with E-state index in [0.29, 0.717) is 5.57 Å². The average Bonchev–Trinajstić information content (AvgIpc) is 3.40. The molecule has 0 amide bonds. The monoisotopic (exact) mass is 433 g/mol. The first-order valence-corrected chi connectivity index (χ1v) is 12.7. The Morgan fingerprint density at radius 2 is 1.97 bits per heavy atom. The summed E-state index contributed by atoms with van der Waals surface area (Å²) in [5.41, 5.74) is 1.91. The van der Waals surface area contributed by atoms with Gasteiger partial charge in [-0.2, -0.15) is 0 Å². The number of rotatable bonds is 8. The van der Waals surface area contributed by atoms with Crippen LogP contribution in [0.25, 0.3) is 10.8 Å². The minimum Gasteiger partial charge on any atom is -0.478 e. The average molecular weight is 434 g/mol. The number of allylic oxidation sites excluding steroid dienone is 2. The maximum Gasteiger partial charge on any atom is 0.334 e. The number of carboxylic acids is 1. The largest absolute Gasteiger partial charge is 0.478 e. The summed E-state index contributed by atoms with van der Waals surface area (Å²) in [7, 11) is 0. The number of nitrogens with zero attached hydrogens (tertiary/aromatic N) is 1. The van der Waals surface area contributed by atoms with Crippen molar-refractivity contribution in [3.8, 4) is 0 Å². The van der Waals surface area contributed by atoms with Crippen LogP contribution in [0.2, 0.25) is 0 Å². The zero-order valence-electron chi connectivity index (χ0n) is 18.0. The van der Waals surface area contributed by atoms with Crippen molar-refractivity contribution in [2.75, 3.05) is 12.3 Å². The number of hydrogen-bond donors (Lipinski definition) is 1. The lowest BCUT2D eigenvalue weighted by atomic mass is 9.88. The second-order valence-electron chi connectivity index (χ2n) is 9.37. The van der Waals surface area contributed by atoms with Crippen LogP contribution < -0.4 is 0 Å². The Kier molecular flexibility index (Phi) is 6.08. The standard InChI is InChI=1S/C27H31NO2S/c29-27(30)25-11-4-14-28(18-23-17-19-12-13-22(23)16-19)26(25)31-15-5-9-21-8-3-7-20-6-1-2-10-24(20)21/h1-4,6-8,10-11,14,19,22-23,26H,5,9,12-13,15-18H2,(H,29,30). The molecule has 1 heterocycles. The van der Waals surface area contributed by atoms with Crippen LogP contribution in [0.4, 0.5) is 0 Å². The van der Waals surface area contributed by atoms with Gasteiger partial charge in [-0.05, 0) is 84.1 Å². The van der Waals surface area contributed by atoms with Crippen LogP contribution >= 0.6 is 11.8 Å². The molecule has 1 aliphatic heterocycles. The van der Waals surface area contributed by atoms with Crippen LogP contribution in [0.5, 0.6) is 0 Å². The smallest absolute Gasteiger partial charge is 0.334 e. The molecule has 2 aliphatic carbocycles. The Labute approximate surface area is 189 Å². The van der Waals surface area contributed by atoms with Crippen molar-refractivity contribution in [3.63, 3.8) is 0 Å². The number of hydrogen-bond acceptors (Lipinski definition) is 3. The van der Waals surface area contributed by atoms with Crippen molar-refractivity contribution in [1.82, 2.24) is 4.90 Å². The van der Waals surface area contributed by atoms with Gasteiger partial charge < -0.3 is 10.0 Å². The Balaban J connectivity index is 1.22. The van der Waals surface area contributed by atoms with Gasteiger partial charge >= 0.3 is 5.97 Å². The molecule has 2 aromatic rings. The summed E-state index contributed by atoms with van der Waals surface area (Å²) < 4.78 is 0. The third-order valence-electron chi connectivity index (χ3n) is 7.44. The molecule has 5 rings (SSSR count). The van der Waals surface area contributed by atoms with Crippen molar-refractivity contribution in [2.24, 2.45) is 17.8 Å². The van der Waals surface area contributed by atoms with Crippen LogP contribution in [-0.4, -0.2) is 33.6 Å².